The predicted molar refractivity (Wildman–Crippen MR) is 108 cm³/mol. The van der Waals surface area contributed by atoms with E-state index in [1.54, 1.807) is 11.5 Å². The van der Waals surface area contributed by atoms with Gasteiger partial charge in [-0.15, -0.1) is 0 Å². The molecule has 0 radical (unpaired) electrons. The summed E-state index contributed by atoms with van der Waals surface area (Å²) < 4.78 is 15.1. The molecule has 7 nitrogen and oxygen atoms in total. The molecular formula is C21H21ClFN3O4. The molecule has 30 heavy (non-hydrogen) atoms. The lowest BCUT2D eigenvalue weighted by Crippen LogP contribution is -2.43. The molecule has 2 amide bonds. The Morgan fingerprint density at radius 1 is 1.30 bits per heavy atom. The fourth-order valence-corrected chi connectivity index (χ4v) is 4.18. The van der Waals surface area contributed by atoms with Crippen LogP contribution in [0.3, 0.4) is 0 Å². The number of amides is 2. The van der Waals surface area contributed by atoms with Crippen LogP contribution >= 0.6 is 11.6 Å². The van der Waals surface area contributed by atoms with Crippen LogP contribution < -0.4 is 10.6 Å². The lowest BCUT2D eigenvalue weighted by Gasteiger charge is -2.14. The van der Waals surface area contributed by atoms with Crippen LogP contribution in [-0.2, 0) is 17.8 Å². The molecule has 158 valence electrons. The van der Waals surface area contributed by atoms with Gasteiger partial charge in [0.05, 0.1) is 22.7 Å². The minimum Gasteiger partial charge on any atom is -0.394 e. The number of rotatable bonds is 6. The Bertz CT molecular complexity index is 1070. The van der Waals surface area contributed by atoms with Gasteiger partial charge in [-0.2, -0.15) is 0 Å². The van der Waals surface area contributed by atoms with Crippen molar-refractivity contribution in [3.05, 3.63) is 51.6 Å². The highest BCUT2D eigenvalue weighted by molar-refractivity contribution is 6.48. The Kier molecular flexibility index (Phi) is 5.15. The summed E-state index contributed by atoms with van der Waals surface area (Å²) in [6.45, 7) is 1.82. The first-order chi connectivity index (χ1) is 14.3. The molecule has 2 aliphatic rings. The summed E-state index contributed by atoms with van der Waals surface area (Å²) >= 11 is 6.43. The van der Waals surface area contributed by atoms with Crippen molar-refractivity contribution in [1.82, 2.24) is 9.88 Å². The second-order valence-electron chi connectivity index (χ2n) is 7.88. The quantitative estimate of drug-likeness (QED) is 0.481. The number of hydrogen-bond acceptors (Lipinski definition) is 4. The van der Waals surface area contributed by atoms with E-state index in [-0.39, 0.29) is 28.7 Å². The number of nitrogens with zero attached hydrogens (tertiary/aromatic N) is 1. The third-order valence-electron chi connectivity index (χ3n) is 5.71. The number of ketones is 1. The molecule has 1 aromatic heterocycles. The monoisotopic (exact) mass is 433 g/mol. The summed E-state index contributed by atoms with van der Waals surface area (Å²) in [7, 11) is 0. The number of nitrogens with one attached hydrogen (secondary N) is 2. The van der Waals surface area contributed by atoms with E-state index in [0.29, 0.717) is 49.2 Å². The molecule has 0 bridgehead atoms. The van der Waals surface area contributed by atoms with Gasteiger partial charge >= 0.3 is 0 Å². The number of aliphatic hydroxyl groups excluding tert-OH is 1. The van der Waals surface area contributed by atoms with Crippen molar-refractivity contribution in [2.24, 2.45) is 0 Å². The normalized spacial score (nSPS) is 16.1. The van der Waals surface area contributed by atoms with Crippen molar-refractivity contribution in [2.45, 2.75) is 44.7 Å². The van der Waals surface area contributed by atoms with Gasteiger partial charge in [0.15, 0.2) is 0 Å². The number of benzene rings is 1. The van der Waals surface area contributed by atoms with E-state index < -0.39 is 23.1 Å². The maximum absolute atomic E-state index is 13.5. The van der Waals surface area contributed by atoms with Gasteiger partial charge < -0.3 is 20.3 Å². The van der Waals surface area contributed by atoms with E-state index in [1.807, 2.05) is 0 Å². The Labute approximate surface area is 177 Å². The number of aryl methyl sites for hydroxylation is 1. The first kappa shape index (κ1) is 20.6. The molecule has 0 unspecified atom stereocenters. The number of carbonyl (C=O) groups is 3. The van der Waals surface area contributed by atoms with E-state index >= 15 is 0 Å². The van der Waals surface area contributed by atoms with Crippen molar-refractivity contribution >= 4 is 34.9 Å². The third-order valence-corrected chi connectivity index (χ3v) is 6.07. The van der Waals surface area contributed by atoms with Gasteiger partial charge in [-0.1, -0.05) is 11.6 Å². The van der Waals surface area contributed by atoms with Crippen LogP contribution in [0.15, 0.2) is 18.2 Å². The minimum absolute atomic E-state index is 0.0177. The third kappa shape index (κ3) is 3.50. The van der Waals surface area contributed by atoms with Crippen molar-refractivity contribution in [3.63, 3.8) is 0 Å². The Morgan fingerprint density at radius 2 is 2.03 bits per heavy atom. The fraction of sp³-hybridized carbons (Fsp3) is 0.381. The zero-order chi connectivity index (χ0) is 21.6. The van der Waals surface area contributed by atoms with Gasteiger partial charge in [-0.3, -0.25) is 14.4 Å². The number of aromatic nitrogens is 1. The maximum atomic E-state index is 13.5. The molecular weight excluding hydrogens is 413 g/mol. The van der Waals surface area contributed by atoms with Crippen LogP contribution in [0, 0.1) is 12.7 Å². The number of halogens is 2. The van der Waals surface area contributed by atoms with Crippen LogP contribution in [-0.4, -0.2) is 39.4 Å². The summed E-state index contributed by atoms with van der Waals surface area (Å²) in [4.78, 5) is 38.3. The fourth-order valence-electron chi connectivity index (χ4n) is 3.79. The average molecular weight is 434 g/mol. The molecule has 4 rings (SSSR count). The predicted octanol–water partition coefficient (Wildman–Crippen LogP) is 2.61. The average Bonchev–Trinajstić information content (AvgIpc) is 3.22. The largest absolute Gasteiger partial charge is 0.394 e. The van der Waals surface area contributed by atoms with E-state index in [0.717, 1.165) is 0 Å². The number of carbonyl (C=O) groups excluding carboxylic acids is 3. The van der Waals surface area contributed by atoms with Crippen LogP contribution in [0.2, 0.25) is 5.02 Å². The Balaban J connectivity index is 1.63. The van der Waals surface area contributed by atoms with Crippen molar-refractivity contribution in [1.29, 1.82) is 0 Å². The van der Waals surface area contributed by atoms with Gasteiger partial charge in [-0.05, 0) is 56.4 Å². The first-order valence-corrected chi connectivity index (χ1v) is 10.1. The smallest absolute Gasteiger partial charge is 0.294 e. The SMILES string of the molecule is Cc1cc(NC(=O)c2c(Cl)c(C(=O)C(=O)NC3(CO)CC3)n3c2CCC3)ccc1F. The van der Waals surface area contributed by atoms with E-state index in [4.69, 9.17) is 11.6 Å². The first-order valence-electron chi connectivity index (χ1n) is 9.72. The standard InChI is InChI=1S/C21H21ClFN3O4/c1-11-9-12(4-5-13(11)23)24-19(29)15-14-3-2-8-26(14)17(16(15)22)18(28)20(30)25-21(10-27)6-7-21/h4-5,9,27H,2-3,6-8,10H2,1H3,(H,24,29)(H,25,30). The molecule has 1 fully saturated rings. The number of anilines is 1. The number of aliphatic hydroxyl groups is 1. The molecule has 2 aromatic rings. The van der Waals surface area contributed by atoms with Crippen LogP contribution in [0.1, 0.15) is 51.4 Å². The van der Waals surface area contributed by atoms with Crippen LogP contribution in [0.25, 0.3) is 0 Å². The van der Waals surface area contributed by atoms with Gasteiger partial charge in [0.25, 0.3) is 17.6 Å². The topological polar surface area (TPSA) is 100 Å². The molecule has 1 aliphatic carbocycles. The Hall–Kier alpha value is -2.71. The van der Waals surface area contributed by atoms with Crippen LogP contribution in [0.4, 0.5) is 10.1 Å². The van der Waals surface area contributed by atoms with Gasteiger partial charge in [-0.25, -0.2) is 4.39 Å². The summed E-state index contributed by atoms with van der Waals surface area (Å²) in [6, 6.07) is 4.19. The number of hydrogen-bond donors (Lipinski definition) is 3. The summed E-state index contributed by atoms with van der Waals surface area (Å²) in [5.74, 6) is -2.59. The number of fused-ring (bicyclic) bond motifs is 1. The van der Waals surface area contributed by atoms with Gasteiger partial charge in [0, 0.05) is 17.9 Å². The molecule has 1 aromatic carbocycles. The van der Waals surface area contributed by atoms with E-state index in [2.05, 4.69) is 10.6 Å². The van der Waals surface area contributed by atoms with E-state index in [9.17, 15) is 23.9 Å². The Morgan fingerprint density at radius 3 is 2.67 bits per heavy atom. The molecule has 3 N–H and O–H groups in total. The minimum atomic E-state index is -0.850. The zero-order valence-electron chi connectivity index (χ0n) is 16.3. The molecule has 0 spiro atoms. The molecule has 2 heterocycles. The molecule has 1 saturated carbocycles. The van der Waals surface area contributed by atoms with Crippen LogP contribution in [0.5, 0.6) is 0 Å². The lowest BCUT2D eigenvalue weighted by molar-refractivity contribution is -0.118. The molecule has 9 heteroatoms. The zero-order valence-corrected chi connectivity index (χ0v) is 17.1. The van der Waals surface area contributed by atoms with Gasteiger partial charge in [0.1, 0.15) is 11.5 Å². The highest BCUT2D eigenvalue weighted by Gasteiger charge is 2.45. The van der Waals surface area contributed by atoms with Crippen molar-refractivity contribution in [2.75, 3.05) is 11.9 Å². The summed E-state index contributed by atoms with van der Waals surface area (Å²) in [6.07, 6.45) is 2.46. The summed E-state index contributed by atoms with van der Waals surface area (Å²) in [5.41, 5.74) is 0.770. The second kappa shape index (κ2) is 7.52. The van der Waals surface area contributed by atoms with Gasteiger partial charge in [0.2, 0.25) is 0 Å². The highest BCUT2D eigenvalue weighted by atomic mass is 35.5. The van der Waals surface area contributed by atoms with Crippen molar-refractivity contribution < 1.29 is 23.9 Å². The number of Topliss-reactive ketones (excluding diaryl/α,β-unsaturated/α-hetero) is 1. The lowest BCUT2D eigenvalue weighted by atomic mass is 10.1. The maximum Gasteiger partial charge on any atom is 0.294 e. The molecule has 0 saturated heterocycles. The summed E-state index contributed by atoms with van der Waals surface area (Å²) in [5, 5.41) is 14.6. The highest BCUT2D eigenvalue weighted by Crippen LogP contribution is 2.36. The van der Waals surface area contributed by atoms with Crippen molar-refractivity contribution in [3.8, 4) is 0 Å². The second-order valence-corrected chi connectivity index (χ2v) is 8.26. The molecule has 0 atom stereocenters. The molecule has 1 aliphatic heterocycles. The van der Waals surface area contributed by atoms with E-state index in [1.165, 1.54) is 18.2 Å².